The van der Waals surface area contributed by atoms with Crippen molar-refractivity contribution in [3.05, 3.63) is 30.2 Å². The highest BCUT2D eigenvalue weighted by Crippen LogP contribution is 2.26. The van der Waals surface area contributed by atoms with Crippen LogP contribution in [0.15, 0.2) is 34.8 Å². The minimum Gasteiger partial charge on any atom is -0.312 e. The van der Waals surface area contributed by atoms with Crippen molar-refractivity contribution in [1.82, 2.24) is 25.1 Å². The predicted octanol–water partition coefficient (Wildman–Crippen LogP) is 2.11. The van der Waals surface area contributed by atoms with Crippen molar-refractivity contribution in [2.75, 3.05) is 6.54 Å². The minimum atomic E-state index is 0.645. The maximum absolute atomic E-state index is 4.43. The molecule has 0 aliphatic heterocycles. The second-order valence-corrected chi connectivity index (χ2v) is 5.72. The first-order valence-corrected chi connectivity index (χ1v) is 7.15. The molecule has 0 fully saturated rings. The number of nitrogens with zero attached hydrogens (tertiary/aromatic N) is 4. The van der Waals surface area contributed by atoms with Gasteiger partial charge in [-0.2, -0.15) is 5.10 Å². The molecule has 1 N–H and O–H groups in total. The molecule has 2 heterocycles. The third kappa shape index (κ3) is 4.04. The lowest BCUT2D eigenvalue weighted by molar-refractivity contribution is 0.548. The van der Waals surface area contributed by atoms with Gasteiger partial charge in [0.1, 0.15) is 11.4 Å². The molecule has 6 heteroatoms. The van der Waals surface area contributed by atoms with Crippen LogP contribution in [-0.4, -0.2) is 26.3 Å². The van der Waals surface area contributed by atoms with Crippen LogP contribution < -0.4 is 5.32 Å². The molecule has 0 unspecified atom stereocenters. The van der Waals surface area contributed by atoms with Crippen LogP contribution in [0.4, 0.5) is 0 Å². The normalized spacial score (nSPS) is 11.2. The predicted molar refractivity (Wildman–Crippen MR) is 75.9 cm³/mol. The lowest BCUT2D eigenvalue weighted by Crippen LogP contribution is -2.19. The summed E-state index contributed by atoms with van der Waals surface area (Å²) in [6.07, 6.45) is 3.37. The molecule has 0 aromatic carbocycles. The van der Waals surface area contributed by atoms with E-state index in [-0.39, 0.29) is 0 Å². The quantitative estimate of drug-likeness (QED) is 0.876. The second kappa shape index (κ2) is 6.68. The van der Waals surface area contributed by atoms with Crippen molar-refractivity contribution in [1.29, 1.82) is 0 Å². The summed E-state index contributed by atoms with van der Waals surface area (Å²) in [7, 11) is 1.88. The Morgan fingerprint density at radius 1 is 1.37 bits per heavy atom. The summed E-state index contributed by atoms with van der Waals surface area (Å²) >= 11 is 1.54. The Morgan fingerprint density at radius 2 is 2.21 bits per heavy atom. The highest BCUT2D eigenvalue weighted by Gasteiger charge is 2.09. The Kier molecular flexibility index (Phi) is 4.93. The van der Waals surface area contributed by atoms with Crippen LogP contribution in [0.25, 0.3) is 0 Å². The van der Waals surface area contributed by atoms with E-state index in [4.69, 9.17) is 0 Å². The van der Waals surface area contributed by atoms with E-state index in [1.165, 1.54) is 5.56 Å². The number of pyridine rings is 1. The van der Waals surface area contributed by atoms with E-state index in [1.807, 2.05) is 19.3 Å². The molecule has 0 saturated heterocycles. The van der Waals surface area contributed by atoms with Gasteiger partial charge in [0.2, 0.25) is 0 Å². The Bertz CT molecular complexity index is 523. The zero-order chi connectivity index (χ0) is 13.7. The maximum Gasteiger partial charge on any atom is 0.192 e. The largest absolute Gasteiger partial charge is 0.312 e. The molecule has 2 rings (SSSR count). The summed E-state index contributed by atoms with van der Waals surface area (Å²) in [5.74, 6) is 0.645. The van der Waals surface area contributed by atoms with E-state index in [1.54, 1.807) is 22.8 Å². The average molecular weight is 277 g/mol. The van der Waals surface area contributed by atoms with Crippen molar-refractivity contribution in [3.63, 3.8) is 0 Å². The summed E-state index contributed by atoms with van der Waals surface area (Å²) in [5, 5.41) is 9.34. The first kappa shape index (κ1) is 14.0. The smallest absolute Gasteiger partial charge is 0.192 e. The number of hydrogen-bond acceptors (Lipinski definition) is 5. The standard InChI is InChI=1S/C13H19N5S/c1-10(2)7-14-8-11-5-4-6-15-12(11)19-13-16-9-17-18(13)3/h4-6,9-10,14H,7-8H2,1-3H3. The SMILES string of the molecule is CC(C)CNCc1cccnc1Sc1ncnn1C. The van der Waals surface area contributed by atoms with Gasteiger partial charge in [0.25, 0.3) is 0 Å². The third-order valence-corrected chi connectivity index (χ3v) is 3.69. The number of aromatic nitrogens is 4. The molecule has 2 aromatic rings. The lowest BCUT2D eigenvalue weighted by atomic mass is 10.2. The van der Waals surface area contributed by atoms with E-state index in [0.29, 0.717) is 5.92 Å². The fourth-order valence-electron chi connectivity index (χ4n) is 1.61. The first-order chi connectivity index (χ1) is 9.16. The van der Waals surface area contributed by atoms with E-state index in [0.717, 1.165) is 23.3 Å². The fourth-order valence-corrected chi connectivity index (χ4v) is 2.45. The molecule has 0 atom stereocenters. The van der Waals surface area contributed by atoms with Crippen LogP contribution in [0.3, 0.4) is 0 Å². The zero-order valence-electron chi connectivity index (χ0n) is 11.5. The summed E-state index contributed by atoms with van der Waals surface area (Å²) < 4.78 is 1.75. The van der Waals surface area contributed by atoms with Gasteiger partial charge in [-0.15, -0.1) is 0 Å². The molecule has 2 aromatic heterocycles. The zero-order valence-corrected chi connectivity index (χ0v) is 12.3. The second-order valence-electron chi connectivity index (χ2n) is 4.76. The van der Waals surface area contributed by atoms with Crippen LogP contribution in [0.2, 0.25) is 0 Å². The van der Waals surface area contributed by atoms with Gasteiger partial charge in [0.15, 0.2) is 5.16 Å². The Hall–Kier alpha value is -1.40. The molecule has 0 aliphatic carbocycles. The van der Waals surface area contributed by atoms with E-state index >= 15 is 0 Å². The highest BCUT2D eigenvalue weighted by atomic mass is 32.2. The topological polar surface area (TPSA) is 55.6 Å². The van der Waals surface area contributed by atoms with Gasteiger partial charge in [-0.25, -0.2) is 14.6 Å². The van der Waals surface area contributed by atoms with Crippen molar-refractivity contribution in [2.24, 2.45) is 13.0 Å². The van der Waals surface area contributed by atoms with Crippen LogP contribution in [0.5, 0.6) is 0 Å². The molecule has 0 radical (unpaired) electrons. The highest BCUT2D eigenvalue weighted by molar-refractivity contribution is 7.99. The van der Waals surface area contributed by atoms with Gasteiger partial charge in [-0.1, -0.05) is 19.9 Å². The summed E-state index contributed by atoms with van der Waals surface area (Å²) in [4.78, 5) is 8.65. The molecule has 0 aliphatic rings. The molecule has 0 saturated carbocycles. The Balaban J connectivity index is 2.06. The summed E-state index contributed by atoms with van der Waals surface area (Å²) in [6, 6.07) is 4.06. The minimum absolute atomic E-state index is 0.645. The van der Waals surface area contributed by atoms with Crippen molar-refractivity contribution >= 4 is 11.8 Å². The summed E-state index contributed by atoms with van der Waals surface area (Å²) in [5.41, 5.74) is 1.19. The monoisotopic (exact) mass is 277 g/mol. The van der Waals surface area contributed by atoms with Crippen molar-refractivity contribution < 1.29 is 0 Å². The molecule has 102 valence electrons. The molecular formula is C13H19N5S. The molecule has 19 heavy (non-hydrogen) atoms. The van der Waals surface area contributed by atoms with Crippen molar-refractivity contribution in [2.45, 2.75) is 30.6 Å². The number of nitrogens with one attached hydrogen (secondary N) is 1. The van der Waals surface area contributed by atoms with E-state index < -0.39 is 0 Å². The van der Waals surface area contributed by atoms with E-state index in [9.17, 15) is 0 Å². The van der Waals surface area contributed by atoms with Crippen LogP contribution >= 0.6 is 11.8 Å². The van der Waals surface area contributed by atoms with Crippen molar-refractivity contribution in [3.8, 4) is 0 Å². The maximum atomic E-state index is 4.43. The fraction of sp³-hybridized carbons (Fsp3) is 0.462. The number of rotatable bonds is 6. The molecule has 0 bridgehead atoms. The lowest BCUT2D eigenvalue weighted by Gasteiger charge is -2.10. The molecule has 0 spiro atoms. The van der Waals surface area contributed by atoms with Gasteiger partial charge in [0, 0.05) is 19.8 Å². The first-order valence-electron chi connectivity index (χ1n) is 6.33. The van der Waals surface area contributed by atoms with Gasteiger partial charge < -0.3 is 5.32 Å². The molecule has 0 amide bonds. The number of aryl methyl sites for hydroxylation is 1. The van der Waals surface area contributed by atoms with Crippen LogP contribution in [0.1, 0.15) is 19.4 Å². The van der Waals surface area contributed by atoms with Gasteiger partial charge in [-0.3, -0.25) is 0 Å². The Morgan fingerprint density at radius 3 is 2.89 bits per heavy atom. The van der Waals surface area contributed by atoms with Crippen LogP contribution in [-0.2, 0) is 13.6 Å². The third-order valence-electron chi connectivity index (χ3n) is 2.58. The Labute approximate surface area is 117 Å². The van der Waals surface area contributed by atoms with Gasteiger partial charge >= 0.3 is 0 Å². The summed E-state index contributed by atoms with van der Waals surface area (Å²) in [6.45, 7) is 6.23. The van der Waals surface area contributed by atoms with E-state index in [2.05, 4.69) is 40.3 Å². The van der Waals surface area contributed by atoms with Crippen LogP contribution in [0, 0.1) is 5.92 Å². The molecular weight excluding hydrogens is 258 g/mol. The van der Waals surface area contributed by atoms with Gasteiger partial charge in [0.05, 0.1) is 0 Å². The number of hydrogen-bond donors (Lipinski definition) is 1. The van der Waals surface area contributed by atoms with Gasteiger partial charge in [-0.05, 0) is 35.9 Å². The average Bonchev–Trinajstić information content (AvgIpc) is 2.77. The molecule has 5 nitrogen and oxygen atoms in total.